The van der Waals surface area contributed by atoms with Gasteiger partial charge in [-0.3, -0.25) is 14.5 Å². The molecule has 0 bridgehead atoms. The zero-order valence-electron chi connectivity index (χ0n) is 7.91. The van der Waals surface area contributed by atoms with E-state index in [1.54, 1.807) is 0 Å². The van der Waals surface area contributed by atoms with E-state index in [0.717, 1.165) is 12.8 Å². The Hall–Kier alpha value is -1.12. The van der Waals surface area contributed by atoms with Crippen LogP contribution in [0.1, 0.15) is 26.7 Å². The summed E-state index contributed by atoms with van der Waals surface area (Å²) in [6, 6.07) is 0.146. The maximum atomic E-state index is 11.3. The zero-order chi connectivity index (χ0) is 9.64. The van der Waals surface area contributed by atoms with E-state index in [2.05, 4.69) is 13.8 Å². The van der Waals surface area contributed by atoms with E-state index in [1.165, 1.54) is 17.1 Å². The number of amides is 2. The van der Waals surface area contributed by atoms with Crippen molar-refractivity contribution in [3.05, 3.63) is 12.2 Å². The van der Waals surface area contributed by atoms with Crippen molar-refractivity contribution < 1.29 is 9.59 Å². The fourth-order valence-corrected chi connectivity index (χ4v) is 1.88. The molecule has 0 saturated heterocycles. The highest BCUT2D eigenvalue weighted by molar-refractivity contribution is 6.13. The van der Waals surface area contributed by atoms with Crippen LogP contribution in [0, 0.1) is 5.41 Å². The largest absolute Gasteiger partial charge is 0.272 e. The van der Waals surface area contributed by atoms with Crippen molar-refractivity contribution in [2.24, 2.45) is 5.41 Å². The Kier molecular flexibility index (Phi) is 1.59. The summed E-state index contributed by atoms with van der Waals surface area (Å²) in [5, 5.41) is 0. The highest BCUT2D eigenvalue weighted by atomic mass is 16.2. The Morgan fingerprint density at radius 2 is 2.00 bits per heavy atom. The predicted octanol–water partition coefficient (Wildman–Crippen LogP) is 1.10. The minimum atomic E-state index is -0.146. The molecule has 0 radical (unpaired) electrons. The number of rotatable bonds is 2. The molecule has 2 atom stereocenters. The van der Waals surface area contributed by atoms with Gasteiger partial charge in [0, 0.05) is 18.2 Å². The monoisotopic (exact) mass is 179 g/mol. The highest BCUT2D eigenvalue weighted by Gasteiger charge is 2.55. The Balaban J connectivity index is 2.13. The van der Waals surface area contributed by atoms with Gasteiger partial charge in [0.05, 0.1) is 0 Å². The number of hydrogen-bond acceptors (Lipinski definition) is 2. The summed E-state index contributed by atoms with van der Waals surface area (Å²) >= 11 is 0. The summed E-state index contributed by atoms with van der Waals surface area (Å²) in [6.07, 6.45) is 4.70. The number of imide groups is 1. The molecule has 1 saturated carbocycles. The molecule has 13 heavy (non-hydrogen) atoms. The summed E-state index contributed by atoms with van der Waals surface area (Å²) in [5.41, 5.74) is 0.178. The van der Waals surface area contributed by atoms with Crippen molar-refractivity contribution >= 4 is 11.8 Å². The summed E-state index contributed by atoms with van der Waals surface area (Å²) in [4.78, 5) is 24.0. The molecule has 1 fully saturated rings. The molecule has 2 amide bonds. The van der Waals surface area contributed by atoms with Crippen LogP contribution in [0.15, 0.2) is 12.2 Å². The van der Waals surface area contributed by atoms with Crippen molar-refractivity contribution in [3.63, 3.8) is 0 Å². The molecule has 0 spiro atoms. The van der Waals surface area contributed by atoms with Crippen LogP contribution in [-0.4, -0.2) is 22.8 Å². The molecule has 0 aromatic carbocycles. The third kappa shape index (κ3) is 1.10. The van der Waals surface area contributed by atoms with Gasteiger partial charge in [-0.05, 0) is 18.3 Å². The second kappa shape index (κ2) is 2.44. The van der Waals surface area contributed by atoms with Gasteiger partial charge in [0.2, 0.25) is 0 Å². The van der Waals surface area contributed by atoms with Crippen LogP contribution >= 0.6 is 0 Å². The van der Waals surface area contributed by atoms with Gasteiger partial charge >= 0.3 is 0 Å². The maximum Gasteiger partial charge on any atom is 0.253 e. The highest BCUT2D eigenvalue weighted by Crippen LogP contribution is 2.52. The fraction of sp³-hybridized carbons (Fsp3) is 0.600. The first-order chi connectivity index (χ1) is 6.08. The summed E-state index contributed by atoms with van der Waals surface area (Å²) < 4.78 is 0. The van der Waals surface area contributed by atoms with Crippen molar-refractivity contribution in [3.8, 4) is 0 Å². The molecule has 70 valence electrons. The van der Waals surface area contributed by atoms with Crippen LogP contribution in [-0.2, 0) is 9.59 Å². The standard InChI is InChI=1S/C10H13NO2/c1-3-10(2)6-7(10)11-8(12)4-5-9(11)13/h4-5,7H,3,6H2,1-2H3. The van der Waals surface area contributed by atoms with Gasteiger partial charge in [-0.25, -0.2) is 0 Å². The molecular formula is C10H13NO2. The first-order valence-corrected chi connectivity index (χ1v) is 4.64. The lowest BCUT2D eigenvalue weighted by molar-refractivity contribution is -0.138. The van der Waals surface area contributed by atoms with Gasteiger partial charge in [-0.2, -0.15) is 0 Å². The predicted molar refractivity (Wildman–Crippen MR) is 47.8 cm³/mol. The summed E-state index contributed by atoms with van der Waals surface area (Å²) in [5.74, 6) is -0.292. The van der Waals surface area contributed by atoms with E-state index in [-0.39, 0.29) is 23.3 Å². The SMILES string of the molecule is CCC1(C)CC1N1C(=O)C=CC1=O. The first kappa shape index (κ1) is 8.48. The normalized spacial score (nSPS) is 37.4. The molecule has 2 rings (SSSR count). The second-order valence-electron chi connectivity index (χ2n) is 4.11. The molecule has 3 heteroatoms. The lowest BCUT2D eigenvalue weighted by Crippen LogP contribution is -2.34. The third-order valence-corrected chi connectivity index (χ3v) is 3.27. The minimum Gasteiger partial charge on any atom is -0.272 e. The van der Waals surface area contributed by atoms with Crippen molar-refractivity contribution in [1.82, 2.24) is 4.90 Å². The molecule has 0 aromatic rings. The van der Waals surface area contributed by atoms with Crippen molar-refractivity contribution in [2.75, 3.05) is 0 Å². The maximum absolute atomic E-state index is 11.3. The molecular weight excluding hydrogens is 166 g/mol. The molecule has 1 heterocycles. The quantitative estimate of drug-likeness (QED) is 0.595. The van der Waals surface area contributed by atoms with E-state index < -0.39 is 0 Å². The van der Waals surface area contributed by atoms with E-state index >= 15 is 0 Å². The molecule has 0 N–H and O–H groups in total. The van der Waals surface area contributed by atoms with Crippen LogP contribution in [0.2, 0.25) is 0 Å². The van der Waals surface area contributed by atoms with Crippen molar-refractivity contribution in [2.45, 2.75) is 32.7 Å². The average Bonchev–Trinajstić information content (AvgIpc) is 2.65. The lowest BCUT2D eigenvalue weighted by Gasteiger charge is -2.16. The first-order valence-electron chi connectivity index (χ1n) is 4.64. The summed E-state index contributed by atoms with van der Waals surface area (Å²) in [7, 11) is 0. The summed E-state index contributed by atoms with van der Waals surface area (Å²) in [6.45, 7) is 4.22. The minimum absolute atomic E-state index is 0.146. The number of carbonyl (C=O) groups excluding carboxylic acids is 2. The number of carbonyl (C=O) groups is 2. The van der Waals surface area contributed by atoms with E-state index in [0.29, 0.717) is 0 Å². The molecule has 2 unspecified atom stereocenters. The Morgan fingerprint density at radius 3 is 2.38 bits per heavy atom. The van der Waals surface area contributed by atoms with Gasteiger partial charge in [0.25, 0.3) is 11.8 Å². The van der Waals surface area contributed by atoms with E-state index in [1.807, 2.05) is 0 Å². The van der Waals surface area contributed by atoms with Gasteiger partial charge in [-0.15, -0.1) is 0 Å². The van der Waals surface area contributed by atoms with Crippen LogP contribution in [0.5, 0.6) is 0 Å². The number of nitrogens with zero attached hydrogens (tertiary/aromatic N) is 1. The van der Waals surface area contributed by atoms with Crippen molar-refractivity contribution in [1.29, 1.82) is 0 Å². The van der Waals surface area contributed by atoms with Gasteiger partial charge in [0.15, 0.2) is 0 Å². The molecule has 0 aromatic heterocycles. The molecule has 1 aliphatic heterocycles. The molecule has 3 nitrogen and oxygen atoms in total. The second-order valence-corrected chi connectivity index (χ2v) is 4.11. The van der Waals surface area contributed by atoms with Gasteiger partial charge in [-0.1, -0.05) is 13.8 Å². The van der Waals surface area contributed by atoms with Gasteiger partial charge < -0.3 is 0 Å². The molecule has 1 aliphatic carbocycles. The van der Waals surface area contributed by atoms with E-state index in [9.17, 15) is 9.59 Å². The zero-order valence-corrected chi connectivity index (χ0v) is 7.91. The van der Waals surface area contributed by atoms with Crippen LogP contribution < -0.4 is 0 Å². The lowest BCUT2D eigenvalue weighted by atomic mass is 10.1. The molecule has 2 aliphatic rings. The fourth-order valence-electron chi connectivity index (χ4n) is 1.88. The average molecular weight is 179 g/mol. The Bertz CT molecular complexity index is 290. The van der Waals surface area contributed by atoms with Crippen LogP contribution in [0.3, 0.4) is 0 Å². The van der Waals surface area contributed by atoms with Crippen LogP contribution in [0.4, 0.5) is 0 Å². The van der Waals surface area contributed by atoms with E-state index in [4.69, 9.17) is 0 Å². The topological polar surface area (TPSA) is 37.4 Å². The van der Waals surface area contributed by atoms with Gasteiger partial charge in [0.1, 0.15) is 0 Å². The Morgan fingerprint density at radius 1 is 1.46 bits per heavy atom. The van der Waals surface area contributed by atoms with Crippen LogP contribution in [0.25, 0.3) is 0 Å². The third-order valence-electron chi connectivity index (χ3n) is 3.27. The number of hydrogen-bond donors (Lipinski definition) is 0. The smallest absolute Gasteiger partial charge is 0.253 e. The Labute approximate surface area is 77.4 Å².